The highest BCUT2D eigenvalue weighted by Gasteiger charge is 2.34. The summed E-state index contributed by atoms with van der Waals surface area (Å²) in [6, 6.07) is 1.67. The van der Waals surface area contributed by atoms with E-state index in [1.165, 1.54) is 0 Å². The van der Waals surface area contributed by atoms with Crippen molar-refractivity contribution in [2.45, 2.75) is 32.1 Å². The van der Waals surface area contributed by atoms with Crippen LogP contribution in [-0.4, -0.2) is 47.6 Å². The van der Waals surface area contributed by atoms with Gasteiger partial charge in [-0.3, -0.25) is 0 Å². The Hall–Kier alpha value is -1.02. The topological polar surface area (TPSA) is 89.2 Å². The number of sulfone groups is 1. The minimum atomic E-state index is -3.16. The summed E-state index contributed by atoms with van der Waals surface area (Å²) in [4.78, 5) is 10.6. The summed E-state index contributed by atoms with van der Waals surface area (Å²) in [5.74, 6) is 3.38. The molecule has 8 heteroatoms. The Bertz CT molecular complexity index is 604. The highest BCUT2D eigenvalue weighted by Crippen LogP contribution is 2.28. The van der Waals surface area contributed by atoms with Crippen LogP contribution in [0.3, 0.4) is 0 Å². The molecule has 0 amide bonds. The molecule has 21 heavy (non-hydrogen) atoms. The lowest BCUT2D eigenvalue weighted by atomic mass is 10.2. The van der Waals surface area contributed by atoms with Crippen molar-refractivity contribution in [1.82, 2.24) is 9.97 Å². The Morgan fingerprint density at radius 3 is 2.81 bits per heavy atom. The monoisotopic (exact) mass is 330 g/mol. The van der Waals surface area contributed by atoms with Crippen LogP contribution in [0, 0.1) is 0 Å². The molecule has 2 rings (SSSR count). The van der Waals surface area contributed by atoms with Crippen molar-refractivity contribution in [2.75, 3.05) is 34.4 Å². The maximum atomic E-state index is 12.3. The standard InChI is InChI=1S/C13H22N4O2S2/c1-4-21(18,19)12-8-20-6-5-17(12)11-7-10(14)15-13(16-11)9(2)3/h7,9,12H,4-6,8H2,1-3H3,(H2,14,15,16). The molecule has 2 N–H and O–H groups in total. The van der Waals surface area contributed by atoms with Gasteiger partial charge in [0.05, 0.1) is 0 Å². The first-order chi connectivity index (χ1) is 9.85. The lowest BCUT2D eigenvalue weighted by molar-refractivity contribution is 0.578. The molecule has 1 unspecified atom stereocenters. The molecule has 1 aliphatic heterocycles. The molecule has 2 heterocycles. The number of rotatable bonds is 4. The van der Waals surface area contributed by atoms with Gasteiger partial charge in [-0.25, -0.2) is 18.4 Å². The molecule has 1 fully saturated rings. The van der Waals surface area contributed by atoms with Crippen LogP contribution in [0.1, 0.15) is 32.5 Å². The normalized spacial score (nSPS) is 20.0. The number of aromatic nitrogens is 2. The van der Waals surface area contributed by atoms with Crippen LogP contribution in [0.5, 0.6) is 0 Å². The molecule has 0 aliphatic carbocycles. The Balaban J connectivity index is 2.42. The number of nitrogen functional groups attached to an aromatic ring is 1. The molecular formula is C13H22N4O2S2. The van der Waals surface area contributed by atoms with Gasteiger partial charge in [-0.1, -0.05) is 20.8 Å². The Kier molecular flexibility index (Phi) is 4.98. The third kappa shape index (κ3) is 3.60. The predicted octanol–water partition coefficient (Wildman–Crippen LogP) is 1.50. The maximum absolute atomic E-state index is 12.3. The fraction of sp³-hybridized carbons (Fsp3) is 0.692. The molecule has 1 aromatic heterocycles. The van der Waals surface area contributed by atoms with Gasteiger partial charge in [-0.05, 0) is 0 Å². The summed E-state index contributed by atoms with van der Waals surface area (Å²) in [5, 5.41) is -0.532. The minimum Gasteiger partial charge on any atom is -0.384 e. The first kappa shape index (κ1) is 16.4. The van der Waals surface area contributed by atoms with Crippen LogP contribution in [0.25, 0.3) is 0 Å². The Labute approximate surface area is 130 Å². The number of hydrogen-bond acceptors (Lipinski definition) is 7. The van der Waals surface area contributed by atoms with Crippen molar-refractivity contribution in [3.05, 3.63) is 11.9 Å². The third-order valence-electron chi connectivity index (χ3n) is 3.46. The van der Waals surface area contributed by atoms with Crippen LogP contribution >= 0.6 is 11.8 Å². The van der Waals surface area contributed by atoms with Crippen molar-refractivity contribution in [3.63, 3.8) is 0 Å². The zero-order valence-corrected chi connectivity index (χ0v) is 14.2. The van der Waals surface area contributed by atoms with Gasteiger partial charge in [0.15, 0.2) is 9.84 Å². The van der Waals surface area contributed by atoms with Gasteiger partial charge in [-0.15, -0.1) is 0 Å². The molecule has 0 aromatic carbocycles. The summed E-state index contributed by atoms with van der Waals surface area (Å²) in [7, 11) is -3.16. The van der Waals surface area contributed by atoms with Crippen LogP contribution < -0.4 is 10.6 Å². The molecule has 1 aliphatic rings. The third-order valence-corrected chi connectivity index (χ3v) is 6.75. The molecule has 1 aromatic rings. The second-order valence-corrected chi connectivity index (χ2v) is 8.94. The number of nitrogens with zero attached hydrogens (tertiary/aromatic N) is 3. The van der Waals surface area contributed by atoms with Crippen molar-refractivity contribution in [2.24, 2.45) is 0 Å². The fourth-order valence-electron chi connectivity index (χ4n) is 2.21. The van der Waals surface area contributed by atoms with Crippen molar-refractivity contribution in [1.29, 1.82) is 0 Å². The zero-order chi connectivity index (χ0) is 15.6. The number of thioether (sulfide) groups is 1. The van der Waals surface area contributed by atoms with E-state index in [0.29, 0.717) is 29.8 Å². The van der Waals surface area contributed by atoms with Crippen LogP contribution in [-0.2, 0) is 9.84 Å². The Morgan fingerprint density at radius 1 is 1.48 bits per heavy atom. The number of hydrogen-bond donors (Lipinski definition) is 1. The van der Waals surface area contributed by atoms with E-state index < -0.39 is 15.2 Å². The average molecular weight is 330 g/mol. The van der Waals surface area contributed by atoms with Gasteiger partial charge < -0.3 is 10.6 Å². The molecular weight excluding hydrogens is 308 g/mol. The molecule has 1 saturated heterocycles. The smallest absolute Gasteiger partial charge is 0.171 e. The summed E-state index contributed by atoms with van der Waals surface area (Å²) in [6.07, 6.45) is 0. The highest BCUT2D eigenvalue weighted by molar-refractivity contribution is 8.01. The number of nitrogens with two attached hydrogens (primary N) is 1. The molecule has 118 valence electrons. The first-order valence-corrected chi connectivity index (χ1v) is 9.92. The lowest BCUT2D eigenvalue weighted by Gasteiger charge is -2.35. The van der Waals surface area contributed by atoms with E-state index >= 15 is 0 Å². The summed E-state index contributed by atoms with van der Waals surface area (Å²) in [5.41, 5.74) is 5.86. The molecule has 0 bridgehead atoms. The van der Waals surface area contributed by atoms with Gasteiger partial charge in [0, 0.05) is 35.8 Å². The first-order valence-electron chi connectivity index (χ1n) is 7.05. The molecule has 1 atom stereocenters. The second-order valence-electron chi connectivity index (χ2n) is 5.34. The van der Waals surface area contributed by atoms with E-state index in [9.17, 15) is 8.42 Å². The highest BCUT2D eigenvalue weighted by atomic mass is 32.2. The van der Waals surface area contributed by atoms with Crippen LogP contribution in [0.2, 0.25) is 0 Å². The summed E-state index contributed by atoms with van der Waals surface area (Å²) in [6.45, 7) is 6.32. The predicted molar refractivity (Wildman–Crippen MR) is 88.5 cm³/mol. The molecule has 0 spiro atoms. The fourth-order valence-corrected chi connectivity index (χ4v) is 5.19. The molecule has 6 nitrogen and oxygen atoms in total. The average Bonchev–Trinajstić information content (AvgIpc) is 2.46. The van der Waals surface area contributed by atoms with Crippen molar-refractivity contribution < 1.29 is 8.42 Å². The van der Waals surface area contributed by atoms with E-state index in [2.05, 4.69) is 9.97 Å². The van der Waals surface area contributed by atoms with Crippen LogP contribution in [0.15, 0.2) is 6.07 Å². The van der Waals surface area contributed by atoms with Gasteiger partial charge >= 0.3 is 0 Å². The molecule has 0 saturated carbocycles. The number of anilines is 2. The van der Waals surface area contributed by atoms with Gasteiger partial charge in [0.1, 0.15) is 22.8 Å². The lowest BCUT2D eigenvalue weighted by Crippen LogP contribution is -2.48. The summed E-state index contributed by atoms with van der Waals surface area (Å²) < 4.78 is 24.6. The van der Waals surface area contributed by atoms with Crippen LogP contribution in [0.4, 0.5) is 11.6 Å². The molecule has 0 radical (unpaired) electrons. The van der Waals surface area contributed by atoms with Crippen molar-refractivity contribution >= 4 is 33.2 Å². The van der Waals surface area contributed by atoms with E-state index in [4.69, 9.17) is 5.73 Å². The van der Waals surface area contributed by atoms with E-state index in [1.54, 1.807) is 24.8 Å². The van der Waals surface area contributed by atoms with E-state index in [-0.39, 0.29) is 11.7 Å². The Morgan fingerprint density at radius 2 is 2.19 bits per heavy atom. The van der Waals surface area contributed by atoms with Gasteiger partial charge in [0.2, 0.25) is 0 Å². The quantitative estimate of drug-likeness (QED) is 0.894. The largest absolute Gasteiger partial charge is 0.384 e. The van der Waals surface area contributed by atoms with E-state index in [0.717, 1.165) is 5.75 Å². The van der Waals surface area contributed by atoms with E-state index in [1.807, 2.05) is 18.7 Å². The maximum Gasteiger partial charge on any atom is 0.171 e. The SMILES string of the molecule is CCS(=O)(=O)C1CSCCN1c1cc(N)nc(C(C)C)n1. The van der Waals surface area contributed by atoms with Crippen molar-refractivity contribution in [3.8, 4) is 0 Å². The van der Waals surface area contributed by atoms with Gasteiger partial charge in [-0.2, -0.15) is 11.8 Å². The zero-order valence-electron chi connectivity index (χ0n) is 12.6. The van der Waals surface area contributed by atoms with Gasteiger partial charge in [0.25, 0.3) is 0 Å². The minimum absolute atomic E-state index is 0.131. The second kappa shape index (κ2) is 6.39. The summed E-state index contributed by atoms with van der Waals surface area (Å²) >= 11 is 1.66.